The molecule has 2 aliphatic rings. The molecule has 0 aromatic heterocycles. The average Bonchev–Trinajstić information content (AvgIpc) is 3.23. The molecule has 2 saturated heterocycles. The van der Waals surface area contributed by atoms with Crippen molar-refractivity contribution >= 4 is 0 Å². The maximum atomic E-state index is 5.47. The van der Waals surface area contributed by atoms with Gasteiger partial charge in [-0.3, -0.25) is 0 Å². The van der Waals surface area contributed by atoms with E-state index >= 15 is 0 Å². The van der Waals surface area contributed by atoms with Gasteiger partial charge in [-0.25, -0.2) is 0 Å². The second-order valence-corrected chi connectivity index (χ2v) is 5.76. The highest BCUT2D eigenvalue weighted by atomic mass is 16.6. The van der Waals surface area contributed by atoms with Gasteiger partial charge in [-0.05, 0) is 45.8 Å². The maximum absolute atomic E-state index is 5.47. The summed E-state index contributed by atoms with van der Waals surface area (Å²) in [6.07, 6.45) is 5.68. The Bertz CT molecular complexity index is 254. The molecule has 0 aromatic rings. The van der Waals surface area contributed by atoms with Gasteiger partial charge in [0.2, 0.25) is 0 Å². The summed E-state index contributed by atoms with van der Waals surface area (Å²) in [5.41, 5.74) is 0.199. The molecule has 0 amide bonds. The standard InChI is InChI=1S/C14H28N2O2/c1-4-5-14(16-3,7-13-10-18-13)11(8-15-2)6-12-9-17-12/h11-13,15-16H,4-10H2,1-3H3. The van der Waals surface area contributed by atoms with E-state index in [4.69, 9.17) is 9.47 Å². The Morgan fingerprint density at radius 3 is 2.33 bits per heavy atom. The van der Waals surface area contributed by atoms with Crippen molar-refractivity contribution in [3.63, 3.8) is 0 Å². The second kappa shape index (κ2) is 6.33. The first-order chi connectivity index (χ1) is 8.74. The number of hydrogen-bond acceptors (Lipinski definition) is 4. The third kappa shape index (κ3) is 3.67. The lowest BCUT2D eigenvalue weighted by Gasteiger charge is -2.41. The van der Waals surface area contributed by atoms with Crippen LogP contribution in [0, 0.1) is 5.92 Å². The molecule has 0 spiro atoms. The topological polar surface area (TPSA) is 49.1 Å². The van der Waals surface area contributed by atoms with Gasteiger partial charge in [0, 0.05) is 5.54 Å². The van der Waals surface area contributed by atoms with Crippen LogP contribution in [-0.4, -0.2) is 51.6 Å². The number of rotatable bonds is 10. The summed E-state index contributed by atoms with van der Waals surface area (Å²) >= 11 is 0. The molecule has 4 nitrogen and oxygen atoms in total. The lowest BCUT2D eigenvalue weighted by atomic mass is 9.74. The van der Waals surface area contributed by atoms with Crippen LogP contribution in [0.25, 0.3) is 0 Å². The van der Waals surface area contributed by atoms with Crippen molar-refractivity contribution in [3.8, 4) is 0 Å². The van der Waals surface area contributed by atoms with Gasteiger partial charge in [-0.2, -0.15) is 0 Å². The Hall–Kier alpha value is -0.160. The van der Waals surface area contributed by atoms with Crippen LogP contribution in [0.3, 0.4) is 0 Å². The monoisotopic (exact) mass is 256 g/mol. The molecule has 2 N–H and O–H groups in total. The van der Waals surface area contributed by atoms with Crippen LogP contribution in [0.2, 0.25) is 0 Å². The van der Waals surface area contributed by atoms with Crippen LogP contribution >= 0.6 is 0 Å². The molecule has 0 aromatic carbocycles. The Kier molecular flexibility index (Phi) is 5.01. The molecule has 4 heteroatoms. The fraction of sp³-hybridized carbons (Fsp3) is 1.00. The Morgan fingerprint density at radius 2 is 1.89 bits per heavy atom. The highest BCUT2D eigenvalue weighted by molar-refractivity contribution is 4.99. The zero-order valence-corrected chi connectivity index (χ0v) is 12.0. The fourth-order valence-corrected chi connectivity index (χ4v) is 3.21. The van der Waals surface area contributed by atoms with Crippen molar-refractivity contribution < 1.29 is 9.47 Å². The zero-order valence-electron chi connectivity index (χ0n) is 12.0. The summed E-state index contributed by atoms with van der Waals surface area (Å²) in [4.78, 5) is 0. The van der Waals surface area contributed by atoms with Gasteiger partial charge in [0.25, 0.3) is 0 Å². The Labute approximate surface area is 111 Å². The van der Waals surface area contributed by atoms with Crippen molar-refractivity contribution in [2.24, 2.45) is 5.92 Å². The number of hydrogen-bond donors (Lipinski definition) is 2. The van der Waals surface area contributed by atoms with Gasteiger partial charge < -0.3 is 20.1 Å². The number of nitrogens with one attached hydrogen (secondary N) is 2. The summed E-state index contributed by atoms with van der Waals surface area (Å²) < 4.78 is 10.9. The predicted octanol–water partition coefficient (Wildman–Crippen LogP) is 1.16. The summed E-state index contributed by atoms with van der Waals surface area (Å²) in [6.45, 7) is 5.21. The molecule has 2 heterocycles. The van der Waals surface area contributed by atoms with Crippen LogP contribution < -0.4 is 10.6 Å². The molecule has 2 aliphatic heterocycles. The van der Waals surface area contributed by atoms with Crippen molar-refractivity contribution in [2.75, 3.05) is 33.9 Å². The smallest absolute Gasteiger partial charge is 0.0827 e. The van der Waals surface area contributed by atoms with Crippen molar-refractivity contribution in [1.82, 2.24) is 10.6 Å². The SMILES string of the molecule is CCCC(CC1CO1)(NC)C(CNC)CC1CO1. The van der Waals surface area contributed by atoms with E-state index in [9.17, 15) is 0 Å². The first-order valence-corrected chi connectivity index (χ1v) is 7.30. The molecule has 4 unspecified atom stereocenters. The third-order valence-electron chi connectivity index (χ3n) is 4.37. The van der Waals surface area contributed by atoms with Gasteiger partial charge in [0.05, 0.1) is 25.4 Å². The summed E-state index contributed by atoms with van der Waals surface area (Å²) in [5.74, 6) is 0.615. The highest BCUT2D eigenvalue weighted by Crippen LogP contribution is 2.36. The normalized spacial score (nSPS) is 30.8. The van der Waals surface area contributed by atoms with Gasteiger partial charge in [0.15, 0.2) is 0 Å². The van der Waals surface area contributed by atoms with Gasteiger partial charge in [-0.15, -0.1) is 0 Å². The molecule has 0 saturated carbocycles. The van der Waals surface area contributed by atoms with Crippen LogP contribution in [-0.2, 0) is 9.47 Å². The first-order valence-electron chi connectivity index (χ1n) is 7.30. The first kappa shape index (κ1) is 14.3. The third-order valence-corrected chi connectivity index (χ3v) is 4.37. The van der Waals surface area contributed by atoms with Crippen LogP contribution in [0.15, 0.2) is 0 Å². The molecular weight excluding hydrogens is 228 g/mol. The van der Waals surface area contributed by atoms with E-state index in [0.29, 0.717) is 18.1 Å². The molecule has 2 fully saturated rings. The Morgan fingerprint density at radius 1 is 1.22 bits per heavy atom. The molecule has 106 valence electrons. The van der Waals surface area contributed by atoms with Gasteiger partial charge in [0.1, 0.15) is 0 Å². The van der Waals surface area contributed by atoms with E-state index in [2.05, 4.69) is 24.6 Å². The zero-order chi connectivity index (χ0) is 13.0. The molecule has 2 rings (SSSR count). The second-order valence-electron chi connectivity index (χ2n) is 5.76. The van der Waals surface area contributed by atoms with Crippen molar-refractivity contribution in [1.29, 1.82) is 0 Å². The minimum atomic E-state index is 0.199. The largest absolute Gasteiger partial charge is 0.373 e. The van der Waals surface area contributed by atoms with Crippen molar-refractivity contribution in [3.05, 3.63) is 0 Å². The van der Waals surface area contributed by atoms with Crippen molar-refractivity contribution in [2.45, 2.75) is 50.4 Å². The van der Waals surface area contributed by atoms with Gasteiger partial charge >= 0.3 is 0 Å². The molecule has 4 atom stereocenters. The maximum Gasteiger partial charge on any atom is 0.0827 e. The molecule has 18 heavy (non-hydrogen) atoms. The summed E-state index contributed by atoms with van der Waals surface area (Å²) in [6, 6.07) is 0. The highest BCUT2D eigenvalue weighted by Gasteiger charge is 2.43. The van der Waals surface area contributed by atoms with E-state index in [1.807, 2.05) is 7.05 Å². The summed E-state index contributed by atoms with van der Waals surface area (Å²) in [7, 11) is 4.15. The lowest BCUT2D eigenvalue weighted by Crippen LogP contribution is -2.53. The summed E-state index contributed by atoms with van der Waals surface area (Å²) in [5, 5.41) is 6.99. The molecule has 0 radical (unpaired) electrons. The molecular formula is C14H28N2O2. The van der Waals surface area contributed by atoms with Crippen LogP contribution in [0.5, 0.6) is 0 Å². The quantitative estimate of drug-likeness (QED) is 0.576. The van der Waals surface area contributed by atoms with Crippen LogP contribution in [0.4, 0.5) is 0 Å². The average molecular weight is 256 g/mol. The van der Waals surface area contributed by atoms with E-state index < -0.39 is 0 Å². The molecule has 0 bridgehead atoms. The molecule has 0 aliphatic carbocycles. The van der Waals surface area contributed by atoms with E-state index in [-0.39, 0.29) is 5.54 Å². The van der Waals surface area contributed by atoms with E-state index in [1.165, 1.54) is 12.8 Å². The minimum Gasteiger partial charge on any atom is -0.373 e. The number of ether oxygens (including phenoxy) is 2. The minimum absolute atomic E-state index is 0.199. The lowest BCUT2D eigenvalue weighted by molar-refractivity contribution is 0.150. The number of epoxide rings is 2. The predicted molar refractivity (Wildman–Crippen MR) is 72.8 cm³/mol. The van der Waals surface area contributed by atoms with E-state index in [0.717, 1.165) is 32.6 Å². The van der Waals surface area contributed by atoms with Crippen LogP contribution in [0.1, 0.15) is 32.6 Å². The van der Waals surface area contributed by atoms with Gasteiger partial charge in [-0.1, -0.05) is 13.3 Å². The fourth-order valence-electron chi connectivity index (χ4n) is 3.21. The van der Waals surface area contributed by atoms with E-state index in [1.54, 1.807) is 0 Å². The Balaban J connectivity index is 2.04.